The first-order valence-corrected chi connectivity index (χ1v) is 7.49. The van der Waals surface area contributed by atoms with Crippen molar-refractivity contribution in [2.24, 2.45) is 0 Å². The highest BCUT2D eigenvalue weighted by molar-refractivity contribution is 9.13. The maximum Gasteiger partial charge on any atom is 0.338 e. The van der Waals surface area contributed by atoms with Gasteiger partial charge >= 0.3 is 5.97 Å². The first kappa shape index (κ1) is 12.8. The Balaban J connectivity index is 2.21. The summed E-state index contributed by atoms with van der Waals surface area (Å²) in [7, 11) is 0. The summed E-state index contributed by atoms with van der Waals surface area (Å²) in [5.41, 5.74) is 1.000. The Bertz CT molecular complexity index is 777. The summed E-state index contributed by atoms with van der Waals surface area (Å²) in [6, 6.07) is 3.36. The molecule has 0 aliphatic heterocycles. The Morgan fingerprint density at radius 1 is 1.42 bits per heavy atom. The summed E-state index contributed by atoms with van der Waals surface area (Å²) in [6.45, 7) is 0. The third kappa shape index (κ3) is 2.19. The molecule has 0 spiro atoms. The Hall–Kier alpha value is -1.25. The van der Waals surface area contributed by atoms with Gasteiger partial charge < -0.3 is 10.1 Å². The minimum atomic E-state index is -1.00. The molecule has 96 valence electrons. The van der Waals surface area contributed by atoms with Gasteiger partial charge in [0.2, 0.25) is 0 Å². The Morgan fingerprint density at radius 3 is 2.84 bits per heavy atom. The van der Waals surface area contributed by atoms with Crippen molar-refractivity contribution >= 4 is 60.3 Å². The molecule has 0 amide bonds. The Labute approximate surface area is 128 Å². The number of carboxylic acid groups (broad SMARTS) is 1. The summed E-state index contributed by atoms with van der Waals surface area (Å²) < 4.78 is 1.88. The van der Waals surface area contributed by atoms with Gasteiger partial charge in [0, 0.05) is 10.7 Å². The molecule has 0 bridgehead atoms. The van der Waals surface area contributed by atoms with Crippen molar-refractivity contribution in [3.05, 3.63) is 32.2 Å². The monoisotopic (exact) mass is 401 g/mol. The molecule has 0 fully saturated rings. The van der Waals surface area contributed by atoms with Crippen molar-refractivity contribution < 1.29 is 9.90 Å². The molecule has 0 aliphatic rings. The van der Waals surface area contributed by atoms with Gasteiger partial charge in [0.05, 0.1) is 19.7 Å². The average molecular weight is 403 g/mol. The van der Waals surface area contributed by atoms with Crippen molar-refractivity contribution in [3.63, 3.8) is 0 Å². The zero-order valence-corrected chi connectivity index (χ0v) is 13.1. The Morgan fingerprint density at radius 2 is 2.21 bits per heavy atom. The van der Waals surface area contributed by atoms with Gasteiger partial charge in [-0.2, -0.15) is 0 Å². The van der Waals surface area contributed by atoms with Gasteiger partial charge in [-0.05, 0) is 44.0 Å². The quantitative estimate of drug-likeness (QED) is 0.681. The zero-order valence-electron chi connectivity index (χ0n) is 9.15. The second kappa shape index (κ2) is 4.69. The molecule has 19 heavy (non-hydrogen) atoms. The predicted octanol–water partition coefficient (Wildman–Crippen LogP) is 3.91. The lowest BCUT2D eigenvalue weighted by Gasteiger charge is -1.93. The molecule has 0 saturated carbocycles. The molecular weight excluding hydrogens is 398 g/mol. The molecule has 0 aliphatic carbocycles. The SMILES string of the molecule is O=C(O)c1ccnc2nc(-c3cc(Br)c(Br)s3)[nH]c12. The number of hydrogen-bond acceptors (Lipinski definition) is 4. The number of aromatic nitrogens is 3. The molecule has 0 saturated heterocycles. The molecule has 3 aromatic rings. The van der Waals surface area contributed by atoms with Gasteiger partial charge in [-0.25, -0.2) is 14.8 Å². The van der Waals surface area contributed by atoms with Crippen LogP contribution in [0.25, 0.3) is 21.9 Å². The van der Waals surface area contributed by atoms with E-state index in [9.17, 15) is 4.79 Å². The highest BCUT2D eigenvalue weighted by Gasteiger charge is 2.15. The van der Waals surface area contributed by atoms with Crippen molar-refractivity contribution in [1.29, 1.82) is 0 Å². The molecule has 3 heterocycles. The van der Waals surface area contributed by atoms with Crippen LogP contribution in [0.15, 0.2) is 26.6 Å². The maximum absolute atomic E-state index is 11.1. The third-order valence-electron chi connectivity index (χ3n) is 2.50. The van der Waals surface area contributed by atoms with Crippen LogP contribution in [-0.2, 0) is 0 Å². The van der Waals surface area contributed by atoms with E-state index in [0.29, 0.717) is 17.0 Å². The van der Waals surface area contributed by atoms with Crippen LogP contribution in [0.2, 0.25) is 0 Å². The average Bonchev–Trinajstić information content (AvgIpc) is 2.93. The second-order valence-corrected chi connectivity index (χ2v) is 6.90. The molecule has 3 aromatic heterocycles. The molecule has 8 heteroatoms. The van der Waals surface area contributed by atoms with E-state index < -0.39 is 5.97 Å². The fourth-order valence-electron chi connectivity index (χ4n) is 1.67. The molecule has 3 rings (SSSR count). The predicted molar refractivity (Wildman–Crippen MR) is 79.6 cm³/mol. The normalized spacial score (nSPS) is 11.1. The van der Waals surface area contributed by atoms with Crippen molar-refractivity contribution in [1.82, 2.24) is 15.0 Å². The van der Waals surface area contributed by atoms with Crippen LogP contribution in [0, 0.1) is 0 Å². The number of aromatic amines is 1. The van der Waals surface area contributed by atoms with Crippen LogP contribution in [0.4, 0.5) is 0 Å². The number of fused-ring (bicyclic) bond motifs is 1. The van der Waals surface area contributed by atoms with Gasteiger partial charge in [-0.1, -0.05) is 0 Å². The Kier molecular flexibility index (Phi) is 3.15. The van der Waals surface area contributed by atoms with Gasteiger partial charge in [0.1, 0.15) is 0 Å². The fraction of sp³-hybridized carbons (Fsp3) is 0. The number of pyridine rings is 1. The van der Waals surface area contributed by atoms with E-state index in [4.69, 9.17) is 5.11 Å². The lowest BCUT2D eigenvalue weighted by Crippen LogP contribution is -1.97. The van der Waals surface area contributed by atoms with Crippen LogP contribution >= 0.6 is 43.2 Å². The van der Waals surface area contributed by atoms with E-state index in [1.807, 2.05) is 6.07 Å². The lowest BCUT2D eigenvalue weighted by atomic mass is 10.2. The summed E-state index contributed by atoms with van der Waals surface area (Å²) in [5.74, 6) is -0.399. The number of rotatable bonds is 2. The number of hydrogen-bond donors (Lipinski definition) is 2. The second-order valence-electron chi connectivity index (χ2n) is 3.68. The molecule has 5 nitrogen and oxygen atoms in total. The number of aromatic carboxylic acids is 1. The number of nitrogens with one attached hydrogen (secondary N) is 1. The van der Waals surface area contributed by atoms with E-state index in [1.165, 1.54) is 23.6 Å². The maximum atomic E-state index is 11.1. The van der Waals surface area contributed by atoms with Gasteiger partial charge in [0.25, 0.3) is 0 Å². The summed E-state index contributed by atoms with van der Waals surface area (Å²) in [6.07, 6.45) is 1.44. The van der Waals surface area contributed by atoms with Crippen LogP contribution < -0.4 is 0 Å². The largest absolute Gasteiger partial charge is 0.478 e. The van der Waals surface area contributed by atoms with Crippen molar-refractivity contribution in [2.75, 3.05) is 0 Å². The number of imidazole rings is 1. The van der Waals surface area contributed by atoms with E-state index in [2.05, 4.69) is 46.8 Å². The minimum absolute atomic E-state index is 0.165. The van der Waals surface area contributed by atoms with Crippen molar-refractivity contribution in [3.8, 4) is 10.7 Å². The topological polar surface area (TPSA) is 78.9 Å². The number of carboxylic acids is 1. The number of halogens is 2. The van der Waals surface area contributed by atoms with E-state index in [-0.39, 0.29) is 5.56 Å². The molecular formula is C11H5Br2N3O2S. The lowest BCUT2D eigenvalue weighted by molar-refractivity contribution is 0.0699. The summed E-state index contributed by atoms with van der Waals surface area (Å²) in [4.78, 5) is 23.4. The van der Waals surface area contributed by atoms with Crippen molar-refractivity contribution in [2.45, 2.75) is 0 Å². The van der Waals surface area contributed by atoms with E-state index in [0.717, 1.165) is 13.1 Å². The third-order valence-corrected chi connectivity index (χ3v) is 5.76. The molecule has 0 radical (unpaired) electrons. The molecule has 0 atom stereocenters. The van der Waals surface area contributed by atoms with Gasteiger partial charge in [-0.15, -0.1) is 11.3 Å². The number of nitrogens with zero attached hydrogens (tertiary/aromatic N) is 2. The number of H-pyrrole nitrogens is 1. The molecule has 2 N–H and O–H groups in total. The summed E-state index contributed by atoms with van der Waals surface area (Å²) >= 11 is 8.32. The van der Waals surface area contributed by atoms with Crippen LogP contribution in [0.5, 0.6) is 0 Å². The highest BCUT2D eigenvalue weighted by atomic mass is 79.9. The summed E-state index contributed by atoms with van der Waals surface area (Å²) in [5, 5.41) is 9.12. The highest BCUT2D eigenvalue weighted by Crippen LogP contribution is 2.37. The first-order chi connectivity index (χ1) is 9.06. The standard InChI is InChI=1S/C11H5Br2N3O2S/c12-5-3-6(19-8(5)13)9-15-7-4(11(17)18)1-2-14-10(7)16-9/h1-3H,(H,17,18)(H,14,15,16). The van der Waals surface area contributed by atoms with Crippen LogP contribution in [-0.4, -0.2) is 26.0 Å². The van der Waals surface area contributed by atoms with Gasteiger partial charge in [-0.3, -0.25) is 0 Å². The van der Waals surface area contributed by atoms with Gasteiger partial charge in [0.15, 0.2) is 11.5 Å². The van der Waals surface area contributed by atoms with E-state index >= 15 is 0 Å². The first-order valence-electron chi connectivity index (χ1n) is 5.09. The number of carbonyl (C=O) groups is 1. The van der Waals surface area contributed by atoms with Crippen LogP contribution in [0.1, 0.15) is 10.4 Å². The minimum Gasteiger partial charge on any atom is -0.478 e. The zero-order chi connectivity index (χ0) is 13.6. The molecule has 0 unspecified atom stereocenters. The fourth-order valence-corrected chi connectivity index (χ4v) is 3.65. The van der Waals surface area contributed by atoms with Crippen LogP contribution in [0.3, 0.4) is 0 Å². The number of thiophene rings is 1. The smallest absolute Gasteiger partial charge is 0.338 e. The van der Waals surface area contributed by atoms with E-state index in [1.54, 1.807) is 0 Å². The molecule has 0 aromatic carbocycles.